The molecule has 0 heterocycles. The van der Waals surface area contributed by atoms with E-state index in [1.807, 2.05) is 27.7 Å². The number of ketones is 1. The van der Waals surface area contributed by atoms with E-state index in [-0.39, 0.29) is 37.1 Å². The number of carbonyl (C=O) groups is 4. The van der Waals surface area contributed by atoms with Gasteiger partial charge < -0.3 is 15.7 Å². The van der Waals surface area contributed by atoms with Crippen molar-refractivity contribution >= 4 is 23.6 Å². The van der Waals surface area contributed by atoms with Crippen LogP contribution >= 0.6 is 0 Å². The lowest BCUT2D eigenvalue weighted by atomic mass is 10.4. The van der Waals surface area contributed by atoms with Crippen molar-refractivity contribution in [1.82, 2.24) is 10.6 Å². The molecule has 0 aliphatic heterocycles. The van der Waals surface area contributed by atoms with E-state index in [9.17, 15) is 19.2 Å². The molecule has 0 fully saturated rings. The Morgan fingerprint density at radius 1 is 0.773 bits per heavy atom. The fraction of sp³-hybridized carbons (Fsp3) is 0.733. The third-order valence-electron chi connectivity index (χ3n) is 1.60. The second kappa shape index (κ2) is 24.1. The van der Waals surface area contributed by atoms with Crippen LogP contribution in [0.5, 0.6) is 0 Å². The zero-order valence-corrected chi connectivity index (χ0v) is 14.9. The van der Waals surface area contributed by atoms with E-state index in [1.54, 1.807) is 13.8 Å². The Hall–Kier alpha value is -1.92. The number of carboxylic acid groups (broad SMARTS) is 1. The molecule has 0 aromatic heterocycles. The third-order valence-corrected chi connectivity index (χ3v) is 1.60. The van der Waals surface area contributed by atoms with Crippen molar-refractivity contribution in [2.75, 3.05) is 13.1 Å². The maximum absolute atomic E-state index is 10.9. The van der Waals surface area contributed by atoms with Gasteiger partial charge in [0.1, 0.15) is 5.78 Å². The molecule has 0 radical (unpaired) electrons. The first-order chi connectivity index (χ1) is 10.3. The van der Waals surface area contributed by atoms with Gasteiger partial charge in [-0.1, -0.05) is 41.5 Å². The van der Waals surface area contributed by atoms with E-state index in [0.717, 1.165) is 0 Å². The molecule has 0 atom stereocenters. The van der Waals surface area contributed by atoms with Gasteiger partial charge in [0.25, 0.3) is 0 Å². The fourth-order valence-corrected chi connectivity index (χ4v) is 0.589. The Morgan fingerprint density at radius 3 is 1.41 bits per heavy atom. The van der Waals surface area contributed by atoms with Crippen molar-refractivity contribution in [1.29, 1.82) is 0 Å². The Morgan fingerprint density at radius 2 is 1.14 bits per heavy atom. The molecule has 0 unspecified atom stereocenters. The van der Waals surface area contributed by atoms with Gasteiger partial charge in [0, 0.05) is 12.8 Å². The summed E-state index contributed by atoms with van der Waals surface area (Å²) in [5.74, 6) is -1.39. The quantitative estimate of drug-likeness (QED) is 0.690. The van der Waals surface area contributed by atoms with E-state index in [0.29, 0.717) is 6.42 Å². The smallest absolute Gasteiger partial charge is 0.303 e. The predicted octanol–water partition coefficient (Wildman–Crippen LogP) is 1.75. The molecule has 7 nitrogen and oxygen atoms in total. The summed E-state index contributed by atoms with van der Waals surface area (Å²) in [6.45, 7) is 12.6. The van der Waals surface area contributed by atoms with Crippen LogP contribution in [0.3, 0.4) is 0 Å². The van der Waals surface area contributed by atoms with Crippen LogP contribution in [0.1, 0.15) is 61.3 Å². The molecular formula is C15H32N2O5. The number of aliphatic carboxylic acids is 1. The van der Waals surface area contributed by atoms with E-state index < -0.39 is 5.97 Å². The molecule has 0 rings (SSSR count). The van der Waals surface area contributed by atoms with Crippen LogP contribution in [0.4, 0.5) is 0 Å². The van der Waals surface area contributed by atoms with E-state index in [2.05, 4.69) is 10.6 Å². The van der Waals surface area contributed by atoms with Crippen LogP contribution in [-0.2, 0) is 19.2 Å². The molecule has 0 spiro atoms. The Kier molecular flexibility index (Phi) is 31.0. The Labute approximate surface area is 133 Å². The fourth-order valence-electron chi connectivity index (χ4n) is 0.589. The summed E-state index contributed by atoms with van der Waals surface area (Å²) in [6, 6.07) is 0. The summed E-state index contributed by atoms with van der Waals surface area (Å²) in [5, 5.41) is 12.5. The number of hydrogen-bond donors (Lipinski definition) is 3. The van der Waals surface area contributed by atoms with Crippen molar-refractivity contribution in [3.05, 3.63) is 0 Å². The number of hydrogen-bond acceptors (Lipinski definition) is 4. The average molecular weight is 320 g/mol. The number of rotatable bonds is 6. The summed E-state index contributed by atoms with van der Waals surface area (Å²) < 4.78 is 0. The largest absolute Gasteiger partial charge is 0.481 e. The van der Waals surface area contributed by atoms with E-state index >= 15 is 0 Å². The molecule has 0 aromatic carbocycles. The van der Waals surface area contributed by atoms with Gasteiger partial charge in [-0.3, -0.25) is 19.2 Å². The van der Waals surface area contributed by atoms with E-state index in [1.165, 1.54) is 6.92 Å². The predicted molar refractivity (Wildman–Crippen MR) is 87.6 cm³/mol. The van der Waals surface area contributed by atoms with Crippen LogP contribution in [0.15, 0.2) is 0 Å². The van der Waals surface area contributed by atoms with Gasteiger partial charge in [-0.2, -0.15) is 0 Å². The highest BCUT2D eigenvalue weighted by molar-refractivity contribution is 5.87. The van der Waals surface area contributed by atoms with Gasteiger partial charge in [-0.05, 0) is 6.92 Å². The molecule has 132 valence electrons. The number of amides is 2. The number of Topliss-reactive ketones (excluding diaryl/α,β-unsaturated/α-hetero) is 1. The lowest BCUT2D eigenvalue weighted by molar-refractivity contribution is -0.136. The topological polar surface area (TPSA) is 113 Å². The lowest BCUT2D eigenvalue weighted by Gasteiger charge is -2.03. The van der Waals surface area contributed by atoms with Crippen LogP contribution in [-0.4, -0.2) is 41.8 Å². The van der Waals surface area contributed by atoms with Gasteiger partial charge in [0.2, 0.25) is 11.8 Å². The molecule has 7 heteroatoms. The summed E-state index contributed by atoms with van der Waals surface area (Å²) in [6.07, 6.45) is 0.569. The molecule has 2 amide bonds. The van der Waals surface area contributed by atoms with Crippen molar-refractivity contribution < 1.29 is 24.3 Å². The highest BCUT2D eigenvalue weighted by atomic mass is 16.4. The maximum Gasteiger partial charge on any atom is 0.303 e. The summed E-state index contributed by atoms with van der Waals surface area (Å²) >= 11 is 0. The maximum atomic E-state index is 10.9. The normalized spacial score (nSPS) is 7.59. The average Bonchev–Trinajstić information content (AvgIpc) is 2.54. The molecule has 0 saturated heterocycles. The first-order valence-corrected chi connectivity index (χ1v) is 7.58. The first kappa shape index (κ1) is 28.3. The van der Waals surface area contributed by atoms with Crippen LogP contribution in [0.25, 0.3) is 0 Å². The van der Waals surface area contributed by atoms with Crippen LogP contribution in [0.2, 0.25) is 0 Å². The summed E-state index contributed by atoms with van der Waals surface area (Å²) in [7, 11) is 0. The third kappa shape index (κ3) is 36.1. The van der Waals surface area contributed by atoms with E-state index in [4.69, 9.17) is 5.11 Å². The highest BCUT2D eigenvalue weighted by Crippen LogP contribution is 1.74. The number of nitrogens with one attached hydrogen (secondary N) is 2. The van der Waals surface area contributed by atoms with Crippen molar-refractivity contribution in [3.63, 3.8) is 0 Å². The highest BCUT2D eigenvalue weighted by Gasteiger charge is 2.03. The van der Waals surface area contributed by atoms with Gasteiger partial charge in [-0.15, -0.1) is 0 Å². The molecule has 0 saturated carbocycles. The van der Waals surface area contributed by atoms with Crippen LogP contribution < -0.4 is 10.6 Å². The van der Waals surface area contributed by atoms with Gasteiger partial charge >= 0.3 is 5.97 Å². The Bertz CT molecular complexity index is 304. The molecule has 22 heavy (non-hydrogen) atoms. The monoisotopic (exact) mass is 320 g/mol. The SMILES string of the molecule is CC.CC.CCC(=O)NCC(=O)NCC(C)=O.CCC(=O)O. The van der Waals surface area contributed by atoms with Gasteiger partial charge in [0.05, 0.1) is 13.1 Å². The number of carbonyl (C=O) groups excluding carboxylic acids is 3. The first-order valence-electron chi connectivity index (χ1n) is 7.58. The standard InChI is InChI=1S/C8H14N2O3.C3H6O2.2C2H6/c1-3-7(12)10-5-8(13)9-4-6(2)11;1-2-3(4)5;2*1-2/h3-5H2,1-2H3,(H,9,13)(H,10,12);2H2,1H3,(H,4,5);2*1-2H3. The minimum atomic E-state index is -0.745. The minimum absolute atomic E-state index is 0.0147. The summed E-state index contributed by atoms with van der Waals surface area (Å²) in [4.78, 5) is 41.4. The van der Waals surface area contributed by atoms with Crippen molar-refractivity contribution in [2.24, 2.45) is 0 Å². The second-order valence-electron chi connectivity index (χ2n) is 3.36. The molecule has 0 aliphatic rings. The van der Waals surface area contributed by atoms with Crippen LogP contribution in [0, 0.1) is 0 Å². The van der Waals surface area contributed by atoms with Gasteiger partial charge in [-0.25, -0.2) is 0 Å². The van der Waals surface area contributed by atoms with Crippen molar-refractivity contribution in [3.8, 4) is 0 Å². The zero-order valence-electron chi connectivity index (χ0n) is 14.9. The molecule has 3 N–H and O–H groups in total. The number of carboxylic acids is 1. The molecule has 0 bridgehead atoms. The van der Waals surface area contributed by atoms with Gasteiger partial charge in [0.15, 0.2) is 0 Å². The summed E-state index contributed by atoms with van der Waals surface area (Å²) in [5.41, 5.74) is 0. The molecule has 0 aliphatic carbocycles. The minimum Gasteiger partial charge on any atom is -0.481 e. The molecule has 0 aromatic rings. The second-order valence-corrected chi connectivity index (χ2v) is 3.36. The Balaban J connectivity index is -0.000000150. The van der Waals surface area contributed by atoms with Crippen molar-refractivity contribution in [2.45, 2.75) is 61.3 Å². The lowest BCUT2D eigenvalue weighted by Crippen LogP contribution is -2.38. The molecular weight excluding hydrogens is 288 g/mol. The zero-order chi connectivity index (χ0) is 18.6.